The SMILES string of the molecule is O=C1CCC(=O)N1Cc1ccccn1. The van der Waals surface area contributed by atoms with E-state index in [1.54, 1.807) is 18.3 Å². The van der Waals surface area contributed by atoms with Crippen LogP contribution in [0.25, 0.3) is 0 Å². The van der Waals surface area contributed by atoms with E-state index in [0.29, 0.717) is 19.4 Å². The first-order valence-corrected chi connectivity index (χ1v) is 4.50. The molecule has 0 bridgehead atoms. The Morgan fingerprint density at radius 3 is 2.50 bits per heavy atom. The molecule has 2 rings (SSSR count). The van der Waals surface area contributed by atoms with E-state index in [0.717, 1.165) is 5.69 Å². The Morgan fingerprint density at radius 1 is 1.21 bits per heavy atom. The van der Waals surface area contributed by atoms with E-state index in [1.165, 1.54) is 4.90 Å². The molecule has 0 N–H and O–H groups in total. The highest BCUT2D eigenvalue weighted by Gasteiger charge is 2.28. The lowest BCUT2D eigenvalue weighted by Crippen LogP contribution is -2.28. The first-order chi connectivity index (χ1) is 6.77. The van der Waals surface area contributed by atoms with Gasteiger partial charge in [-0.1, -0.05) is 6.07 Å². The number of amides is 2. The normalized spacial score (nSPS) is 16.4. The molecule has 72 valence electrons. The van der Waals surface area contributed by atoms with Crippen LogP contribution in [0.5, 0.6) is 0 Å². The first-order valence-electron chi connectivity index (χ1n) is 4.50. The fraction of sp³-hybridized carbons (Fsp3) is 0.300. The van der Waals surface area contributed by atoms with Crippen molar-refractivity contribution in [3.63, 3.8) is 0 Å². The van der Waals surface area contributed by atoms with Crippen molar-refractivity contribution in [3.05, 3.63) is 30.1 Å². The number of rotatable bonds is 2. The summed E-state index contributed by atoms with van der Waals surface area (Å²) in [5, 5.41) is 0. The molecule has 2 amide bonds. The van der Waals surface area contributed by atoms with Crippen LogP contribution in [0, 0.1) is 0 Å². The van der Waals surface area contributed by atoms with Crippen molar-refractivity contribution >= 4 is 11.8 Å². The third kappa shape index (κ3) is 1.64. The van der Waals surface area contributed by atoms with Gasteiger partial charge in [0, 0.05) is 19.0 Å². The molecule has 0 saturated carbocycles. The standard InChI is InChI=1S/C10H10N2O2/c13-9-4-5-10(14)12(9)7-8-3-1-2-6-11-8/h1-3,6H,4-5,7H2. The van der Waals surface area contributed by atoms with Crippen molar-refractivity contribution in [2.24, 2.45) is 0 Å². The Morgan fingerprint density at radius 2 is 1.93 bits per heavy atom. The molecule has 14 heavy (non-hydrogen) atoms. The Bertz CT molecular complexity index is 346. The number of likely N-dealkylation sites (tertiary alicyclic amines) is 1. The van der Waals surface area contributed by atoms with Gasteiger partial charge in [-0.05, 0) is 12.1 Å². The molecule has 1 aliphatic heterocycles. The van der Waals surface area contributed by atoms with Gasteiger partial charge in [0.05, 0.1) is 12.2 Å². The van der Waals surface area contributed by atoms with Gasteiger partial charge in [0.2, 0.25) is 11.8 Å². The lowest BCUT2D eigenvalue weighted by Gasteiger charge is -2.12. The van der Waals surface area contributed by atoms with Crippen molar-refractivity contribution in [1.29, 1.82) is 0 Å². The molecule has 0 spiro atoms. The molecule has 0 atom stereocenters. The summed E-state index contributed by atoms with van der Waals surface area (Å²) in [7, 11) is 0. The first kappa shape index (κ1) is 8.87. The van der Waals surface area contributed by atoms with Gasteiger partial charge >= 0.3 is 0 Å². The highest BCUT2D eigenvalue weighted by atomic mass is 16.2. The molecule has 4 nitrogen and oxygen atoms in total. The minimum Gasteiger partial charge on any atom is -0.277 e. The van der Waals surface area contributed by atoms with Crippen LogP contribution in [0.3, 0.4) is 0 Å². The zero-order valence-corrected chi connectivity index (χ0v) is 7.64. The van der Waals surface area contributed by atoms with Crippen molar-refractivity contribution in [1.82, 2.24) is 9.88 Å². The maximum Gasteiger partial charge on any atom is 0.230 e. The zero-order valence-electron chi connectivity index (χ0n) is 7.64. The van der Waals surface area contributed by atoms with Crippen molar-refractivity contribution in [2.45, 2.75) is 19.4 Å². The third-order valence-electron chi connectivity index (χ3n) is 2.20. The minimum atomic E-state index is -0.0966. The molecule has 1 aromatic rings. The highest BCUT2D eigenvalue weighted by Crippen LogP contribution is 2.14. The topological polar surface area (TPSA) is 50.3 Å². The predicted octanol–water partition coefficient (Wildman–Crippen LogP) is 0.731. The second-order valence-corrected chi connectivity index (χ2v) is 3.19. The maximum atomic E-state index is 11.3. The molecular formula is C10H10N2O2. The molecule has 1 saturated heterocycles. The van der Waals surface area contributed by atoms with Gasteiger partial charge < -0.3 is 0 Å². The highest BCUT2D eigenvalue weighted by molar-refractivity contribution is 6.01. The average Bonchev–Trinajstić information content (AvgIpc) is 2.51. The van der Waals surface area contributed by atoms with Crippen molar-refractivity contribution < 1.29 is 9.59 Å². The number of imide groups is 1. The zero-order chi connectivity index (χ0) is 9.97. The van der Waals surface area contributed by atoms with Crippen LogP contribution >= 0.6 is 0 Å². The van der Waals surface area contributed by atoms with Crippen LogP contribution in [-0.2, 0) is 16.1 Å². The predicted molar refractivity (Wildman–Crippen MR) is 49.0 cm³/mol. The number of nitrogens with zero attached hydrogens (tertiary/aromatic N) is 2. The molecule has 0 radical (unpaired) electrons. The van der Waals surface area contributed by atoms with Gasteiger partial charge in [0.1, 0.15) is 0 Å². The quantitative estimate of drug-likeness (QED) is 0.646. The average molecular weight is 190 g/mol. The summed E-state index contributed by atoms with van der Waals surface area (Å²) in [4.78, 5) is 27.9. The molecule has 0 aliphatic carbocycles. The Labute approximate surface area is 81.6 Å². The molecule has 0 unspecified atom stereocenters. The molecule has 1 fully saturated rings. The summed E-state index contributed by atoms with van der Waals surface area (Å²) < 4.78 is 0. The fourth-order valence-electron chi connectivity index (χ4n) is 1.45. The smallest absolute Gasteiger partial charge is 0.230 e. The van der Waals surface area contributed by atoms with Crippen LogP contribution in [0.4, 0.5) is 0 Å². The van der Waals surface area contributed by atoms with E-state index < -0.39 is 0 Å². The van der Waals surface area contributed by atoms with Gasteiger partial charge in [-0.3, -0.25) is 19.5 Å². The van der Waals surface area contributed by atoms with Gasteiger partial charge in [0.25, 0.3) is 0 Å². The lowest BCUT2D eigenvalue weighted by atomic mass is 10.3. The number of aromatic nitrogens is 1. The van der Waals surface area contributed by atoms with E-state index in [-0.39, 0.29) is 11.8 Å². The van der Waals surface area contributed by atoms with Crippen molar-refractivity contribution in [2.75, 3.05) is 0 Å². The summed E-state index contributed by atoms with van der Waals surface area (Å²) in [5.41, 5.74) is 0.746. The molecular weight excluding hydrogens is 180 g/mol. The Balaban J connectivity index is 2.11. The number of pyridine rings is 1. The largest absolute Gasteiger partial charge is 0.277 e. The summed E-state index contributed by atoms with van der Waals surface area (Å²) >= 11 is 0. The number of carbonyl (C=O) groups is 2. The minimum absolute atomic E-state index is 0.0966. The third-order valence-corrected chi connectivity index (χ3v) is 2.20. The van der Waals surface area contributed by atoms with Gasteiger partial charge in [-0.25, -0.2) is 0 Å². The van der Waals surface area contributed by atoms with E-state index >= 15 is 0 Å². The van der Waals surface area contributed by atoms with Crippen LogP contribution in [0.2, 0.25) is 0 Å². The molecule has 4 heteroatoms. The van der Waals surface area contributed by atoms with Crippen LogP contribution < -0.4 is 0 Å². The van der Waals surface area contributed by atoms with Crippen LogP contribution in [0.15, 0.2) is 24.4 Å². The monoisotopic (exact) mass is 190 g/mol. The fourth-order valence-corrected chi connectivity index (χ4v) is 1.45. The van der Waals surface area contributed by atoms with Crippen molar-refractivity contribution in [3.8, 4) is 0 Å². The second-order valence-electron chi connectivity index (χ2n) is 3.19. The van der Waals surface area contributed by atoms with E-state index in [2.05, 4.69) is 4.98 Å². The second kappa shape index (κ2) is 3.57. The lowest BCUT2D eigenvalue weighted by molar-refractivity contribution is -0.139. The number of carbonyl (C=O) groups excluding carboxylic acids is 2. The Kier molecular flexibility index (Phi) is 2.26. The Hall–Kier alpha value is -1.71. The maximum absolute atomic E-state index is 11.3. The number of hydrogen-bond acceptors (Lipinski definition) is 3. The summed E-state index contributed by atoms with van der Waals surface area (Å²) in [6.45, 7) is 0.304. The molecule has 1 aliphatic rings. The molecule has 2 heterocycles. The van der Waals surface area contributed by atoms with Gasteiger partial charge in [-0.2, -0.15) is 0 Å². The summed E-state index contributed by atoms with van der Waals surface area (Å²) in [5.74, 6) is -0.193. The van der Waals surface area contributed by atoms with E-state index in [1.807, 2.05) is 6.07 Å². The molecule has 1 aromatic heterocycles. The molecule has 0 aromatic carbocycles. The van der Waals surface area contributed by atoms with E-state index in [4.69, 9.17) is 0 Å². The van der Waals surface area contributed by atoms with Gasteiger partial charge in [-0.15, -0.1) is 0 Å². The number of hydrogen-bond donors (Lipinski definition) is 0. The van der Waals surface area contributed by atoms with Gasteiger partial charge in [0.15, 0.2) is 0 Å². The van der Waals surface area contributed by atoms with E-state index in [9.17, 15) is 9.59 Å². The summed E-state index contributed by atoms with van der Waals surface area (Å²) in [6, 6.07) is 5.45. The van der Waals surface area contributed by atoms with Crippen LogP contribution in [0.1, 0.15) is 18.5 Å². The van der Waals surface area contributed by atoms with Crippen LogP contribution in [-0.4, -0.2) is 21.7 Å². The summed E-state index contributed by atoms with van der Waals surface area (Å²) in [6.07, 6.45) is 2.33.